The number of piperazine rings is 1. The number of carbonyl (C=O) groups is 2. The van der Waals surface area contributed by atoms with Crippen molar-refractivity contribution in [2.45, 2.75) is 32.6 Å². The highest BCUT2D eigenvalue weighted by Crippen LogP contribution is 2.23. The van der Waals surface area contributed by atoms with E-state index >= 15 is 0 Å². The summed E-state index contributed by atoms with van der Waals surface area (Å²) in [5.74, 6) is 1.36. The van der Waals surface area contributed by atoms with Gasteiger partial charge in [-0.15, -0.1) is 12.4 Å². The molecule has 1 aromatic rings. The Morgan fingerprint density at radius 1 is 1.11 bits per heavy atom. The summed E-state index contributed by atoms with van der Waals surface area (Å²) in [6, 6.07) is 7.40. The van der Waals surface area contributed by atoms with Gasteiger partial charge in [-0.1, -0.05) is 30.7 Å². The van der Waals surface area contributed by atoms with E-state index in [-0.39, 0.29) is 24.2 Å². The van der Waals surface area contributed by atoms with Gasteiger partial charge in [-0.25, -0.2) is 0 Å². The molecule has 2 heterocycles. The minimum atomic E-state index is 0. The van der Waals surface area contributed by atoms with E-state index in [2.05, 4.69) is 12.2 Å². The molecule has 0 aromatic heterocycles. The van der Waals surface area contributed by atoms with E-state index in [0.29, 0.717) is 55.9 Å². The van der Waals surface area contributed by atoms with Crippen LogP contribution in [0.1, 0.15) is 31.7 Å². The number of carbonyl (C=O) groups excluding carboxylic acids is 2. The van der Waals surface area contributed by atoms with Gasteiger partial charge in [-0.2, -0.15) is 0 Å². The van der Waals surface area contributed by atoms with E-state index in [9.17, 15) is 9.59 Å². The van der Waals surface area contributed by atoms with Crippen LogP contribution in [-0.2, 0) is 16.0 Å². The molecule has 156 valence electrons. The number of hydrogen-bond donors (Lipinski definition) is 1. The minimum absolute atomic E-state index is 0. The summed E-state index contributed by atoms with van der Waals surface area (Å²) in [5, 5.41) is 4.11. The smallest absolute Gasteiger partial charge is 0.227 e. The molecule has 1 N–H and O–H groups in total. The van der Waals surface area contributed by atoms with Crippen LogP contribution >= 0.6 is 24.0 Å². The van der Waals surface area contributed by atoms with Crippen LogP contribution in [0.2, 0.25) is 5.02 Å². The van der Waals surface area contributed by atoms with Crippen molar-refractivity contribution in [2.24, 2.45) is 11.8 Å². The Labute approximate surface area is 179 Å². The third-order valence-corrected chi connectivity index (χ3v) is 6.14. The van der Waals surface area contributed by atoms with Crippen molar-refractivity contribution in [3.63, 3.8) is 0 Å². The molecule has 2 aliphatic rings. The van der Waals surface area contributed by atoms with Crippen LogP contribution in [0.5, 0.6) is 0 Å². The Kier molecular flexibility index (Phi) is 9.06. The van der Waals surface area contributed by atoms with E-state index < -0.39 is 0 Å². The van der Waals surface area contributed by atoms with Crippen molar-refractivity contribution >= 4 is 35.8 Å². The topological polar surface area (TPSA) is 52.7 Å². The minimum Gasteiger partial charge on any atom is -0.339 e. The Hall–Kier alpha value is -1.30. The van der Waals surface area contributed by atoms with Crippen molar-refractivity contribution in [1.82, 2.24) is 15.1 Å². The predicted molar refractivity (Wildman–Crippen MR) is 115 cm³/mol. The third-order valence-electron chi connectivity index (χ3n) is 5.89. The highest BCUT2D eigenvalue weighted by atomic mass is 35.5. The van der Waals surface area contributed by atoms with Crippen LogP contribution in [0.25, 0.3) is 0 Å². The first-order valence-electron chi connectivity index (χ1n) is 10.0. The molecule has 2 atom stereocenters. The lowest BCUT2D eigenvalue weighted by Gasteiger charge is -2.36. The van der Waals surface area contributed by atoms with E-state index in [1.165, 1.54) is 12.8 Å². The number of nitrogens with zero attached hydrogens (tertiary/aromatic N) is 2. The molecule has 1 aromatic carbocycles. The molecule has 3 rings (SSSR count). The molecule has 0 bridgehead atoms. The summed E-state index contributed by atoms with van der Waals surface area (Å²) in [6.07, 6.45) is 3.42. The standard InChI is InChI=1S/C21H30ClN3O2.ClH/c1-16(18-3-2-8-23-15-18)13-20(26)24-9-11-25(12-10-24)21(27)14-17-4-6-19(22)7-5-17;/h4-7,16,18,23H,2-3,8-15H2,1H3;1H. The third kappa shape index (κ3) is 6.36. The first kappa shape index (κ1) is 23.0. The van der Waals surface area contributed by atoms with Crippen molar-refractivity contribution in [3.8, 4) is 0 Å². The fraction of sp³-hybridized carbons (Fsp3) is 0.619. The Morgan fingerprint density at radius 3 is 2.29 bits per heavy atom. The highest BCUT2D eigenvalue weighted by Gasteiger charge is 2.27. The quantitative estimate of drug-likeness (QED) is 0.785. The molecule has 0 saturated carbocycles. The van der Waals surface area contributed by atoms with Gasteiger partial charge in [0.1, 0.15) is 0 Å². The maximum Gasteiger partial charge on any atom is 0.227 e. The average Bonchev–Trinajstić information content (AvgIpc) is 2.70. The summed E-state index contributed by atoms with van der Waals surface area (Å²) in [6.45, 7) is 6.85. The fourth-order valence-electron chi connectivity index (χ4n) is 4.03. The second kappa shape index (κ2) is 11.0. The predicted octanol–water partition coefficient (Wildman–Crippen LogP) is 3.00. The fourth-order valence-corrected chi connectivity index (χ4v) is 4.16. The van der Waals surface area contributed by atoms with Gasteiger partial charge in [0.2, 0.25) is 11.8 Å². The van der Waals surface area contributed by atoms with Crippen molar-refractivity contribution < 1.29 is 9.59 Å². The van der Waals surface area contributed by atoms with Crippen LogP contribution in [0.3, 0.4) is 0 Å². The van der Waals surface area contributed by atoms with Gasteiger partial charge in [-0.3, -0.25) is 9.59 Å². The number of halogens is 2. The van der Waals surface area contributed by atoms with Crippen LogP contribution in [0.15, 0.2) is 24.3 Å². The van der Waals surface area contributed by atoms with E-state index in [1.807, 2.05) is 34.1 Å². The molecular weight excluding hydrogens is 397 g/mol. The van der Waals surface area contributed by atoms with Crippen LogP contribution in [-0.4, -0.2) is 60.9 Å². The summed E-state index contributed by atoms with van der Waals surface area (Å²) < 4.78 is 0. The van der Waals surface area contributed by atoms with Crippen molar-refractivity contribution in [3.05, 3.63) is 34.9 Å². The van der Waals surface area contributed by atoms with Crippen LogP contribution < -0.4 is 5.32 Å². The number of piperidine rings is 1. The van der Waals surface area contributed by atoms with Gasteiger partial charge in [-0.05, 0) is 55.5 Å². The maximum absolute atomic E-state index is 12.6. The lowest BCUT2D eigenvalue weighted by Crippen LogP contribution is -2.51. The average molecular weight is 428 g/mol. The molecule has 7 heteroatoms. The van der Waals surface area contributed by atoms with E-state index in [0.717, 1.165) is 18.7 Å². The van der Waals surface area contributed by atoms with Crippen LogP contribution in [0, 0.1) is 11.8 Å². The number of benzene rings is 1. The lowest BCUT2D eigenvalue weighted by molar-refractivity contribution is -0.140. The molecule has 0 spiro atoms. The largest absolute Gasteiger partial charge is 0.339 e. The van der Waals surface area contributed by atoms with Gasteiger partial charge >= 0.3 is 0 Å². The normalized spacial score (nSPS) is 21.0. The molecule has 0 aliphatic carbocycles. The first-order valence-corrected chi connectivity index (χ1v) is 10.4. The summed E-state index contributed by atoms with van der Waals surface area (Å²) in [4.78, 5) is 28.9. The van der Waals surface area contributed by atoms with Crippen molar-refractivity contribution in [1.29, 1.82) is 0 Å². The Balaban J connectivity index is 0.00000280. The maximum atomic E-state index is 12.6. The van der Waals surface area contributed by atoms with Crippen LogP contribution in [0.4, 0.5) is 0 Å². The zero-order chi connectivity index (χ0) is 19.2. The van der Waals surface area contributed by atoms with E-state index in [1.54, 1.807) is 0 Å². The Bertz CT molecular complexity index is 640. The van der Waals surface area contributed by atoms with Gasteiger partial charge in [0.15, 0.2) is 0 Å². The highest BCUT2D eigenvalue weighted by molar-refractivity contribution is 6.30. The summed E-state index contributed by atoms with van der Waals surface area (Å²) >= 11 is 5.89. The molecule has 2 saturated heterocycles. The SMILES string of the molecule is CC(CC(=O)N1CCN(C(=O)Cc2ccc(Cl)cc2)CC1)C1CCCNC1.Cl. The molecule has 2 amide bonds. The molecule has 0 radical (unpaired) electrons. The number of nitrogens with one attached hydrogen (secondary N) is 1. The Morgan fingerprint density at radius 2 is 1.71 bits per heavy atom. The molecule has 2 fully saturated rings. The molecule has 2 unspecified atom stereocenters. The number of hydrogen-bond acceptors (Lipinski definition) is 3. The second-order valence-corrected chi connectivity index (χ2v) is 8.29. The monoisotopic (exact) mass is 427 g/mol. The van der Waals surface area contributed by atoms with Gasteiger partial charge in [0.25, 0.3) is 0 Å². The zero-order valence-electron chi connectivity index (χ0n) is 16.5. The van der Waals surface area contributed by atoms with Gasteiger partial charge in [0.05, 0.1) is 6.42 Å². The van der Waals surface area contributed by atoms with Gasteiger partial charge < -0.3 is 15.1 Å². The second-order valence-electron chi connectivity index (χ2n) is 7.85. The van der Waals surface area contributed by atoms with Crippen molar-refractivity contribution in [2.75, 3.05) is 39.3 Å². The zero-order valence-corrected chi connectivity index (χ0v) is 18.1. The summed E-state index contributed by atoms with van der Waals surface area (Å²) in [7, 11) is 0. The van der Waals surface area contributed by atoms with E-state index in [4.69, 9.17) is 11.6 Å². The molecule has 5 nitrogen and oxygen atoms in total. The molecule has 28 heavy (non-hydrogen) atoms. The first-order chi connectivity index (χ1) is 13.0. The van der Waals surface area contributed by atoms with Gasteiger partial charge in [0, 0.05) is 37.6 Å². The number of rotatable bonds is 5. The number of amides is 2. The summed E-state index contributed by atoms with van der Waals surface area (Å²) in [5.41, 5.74) is 0.970. The lowest BCUT2D eigenvalue weighted by atomic mass is 9.85. The molecular formula is C21H31Cl2N3O2. The molecule has 2 aliphatic heterocycles.